The van der Waals surface area contributed by atoms with Crippen molar-refractivity contribution in [3.05, 3.63) is 70.9 Å². The molecule has 2 aliphatic rings. The molecule has 3 nitrogen and oxygen atoms in total. The van der Waals surface area contributed by atoms with Crippen LogP contribution in [-0.2, 0) is 6.42 Å². The molecule has 0 amide bonds. The molecule has 2 aromatic rings. The maximum atomic E-state index is 13.9. The lowest BCUT2D eigenvalue weighted by Crippen LogP contribution is -2.44. The van der Waals surface area contributed by atoms with Gasteiger partial charge in [-0.05, 0) is 93.2 Å². The highest BCUT2D eigenvalue weighted by molar-refractivity contribution is 7.97. The molecule has 0 bridgehead atoms. The van der Waals surface area contributed by atoms with Crippen molar-refractivity contribution in [2.75, 3.05) is 5.75 Å². The Labute approximate surface area is 213 Å². The molecule has 1 N–H and O–H groups in total. The Morgan fingerprint density at radius 1 is 1.11 bits per heavy atom. The van der Waals surface area contributed by atoms with Gasteiger partial charge in [0.2, 0.25) is 0 Å². The van der Waals surface area contributed by atoms with Crippen LogP contribution in [0.3, 0.4) is 0 Å². The van der Waals surface area contributed by atoms with E-state index in [4.69, 9.17) is 4.99 Å². The van der Waals surface area contributed by atoms with Gasteiger partial charge in [-0.25, -0.2) is 13.8 Å². The van der Waals surface area contributed by atoms with Crippen LogP contribution in [-0.4, -0.2) is 35.1 Å². The predicted molar refractivity (Wildman–Crippen MR) is 144 cm³/mol. The SMILES string of the molecule is CCSNC1CCCC2=C(C(C)N(C(C)C)C=N2)[C@@H](Cc2cccc(-c3cc(F)cc(F)c3)c2)C1. The van der Waals surface area contributed by atoms with E-state index in [9.17, 15) is 8.78 Å². The van der Waals surface area contributed by atoms with Crippen molar-refractivity contribution >= 4 is 18.3 Å². The summed E-state index contributed by atoms with van der Waals surface area (Å²) in [5, 5.41) is 0. The molecular weight excluding hydrogens is 460 g/mol. The Kier molecular flexibility index (Phi) is 8.66. The van der Waals surface area contributed by atoms with Crippen LogP contribution >= 0.6 is 11.9 Å². The van der Waals surface area contributed by atoms with Crippen molar-refractivity contribution in [2.45, 2.75) is 77.9 Å². The molecular formula is C29H37F2N3S. The number of halogens is 2. The summed E-state index contributed by atoms with van der Waals surface area (Å²) in [7, 11) is 0. The molecule has 1 aliphatic carbocycles. The maximum absolute atomic E-state index is 13.9. The normalized spacial score (nSPS) is 22.8. The van der Waals surface area contributed by atoms with E-state index in [1.165, 1.54) is 29.0 Å². The van der Waals surface area contributed by atoms with Gasteiger partial charge in [0.1, 0.15) is 11.6 Å². The van der Waals surface area contributed by atoms with Crippen molar-refractivity contribution in [3.8, 4) is 11.1 Å². The van der Waals surface area contributed by atoms with Crippen LogP contribution in [0.1, 0.15) is 58.9 Å². The summed E-state index contributed by atoms with van der Waals surface area (Å²) in [6.07, 6.45) is 7.26. The fraction of sp³-hybridized carbons (Fsp3) is 0.483. The summed E-state index contributed by atoms with van der Waals surface area (Å²) in [5.41, 5.74) is 5.31. The highest BCUT2D eigenvalue weighted by atomic mass is 32.2. The van der Waals surface area contributed by atoms with Crippen LogP contribution in [0, 0.1) is 17.6 Å². The lowest BCUT2D eigenvalue weighted by molar-refractivity contribution is 0.275. The van der Waals surface area contributed by atoms with Gasteiger partial charge >= 0.3 is 0 Å². The topological polar surface area (TPSA) is 27.6 Å². The average Bonchev–Trinajstić information content (AvgIpc) is 2.80. The third-order valence-electron chi connectivity index (χ3n) is 7.15. The van der Waals surface area contributed by atoms with E-state index in [2.05, 4.69) is 49.4 Å². The summed E-state index contributed by atoms with van der Waals surface area (Å²) in [6, 6.07) is 13.0. The first-order valence-corrected chi connectivity index (χ1v) is 13.8. The standard InChI is InChI=1S/C29H37F2N3S/c1-5-35-33-27-10-7-11-28-29(20(4)34(18-32-28)19(2)3)24(16-27)13-21-8-6-9-22(12-21)23-14-25(30)17-26(31)15-23/h6,8-9,12,14-15,17-20,24,27,33H,5,7,10-11,13,16H2,1-4H3/t20?,24-,27?/m0/s1. The molecule has 0 saturated heterocycles. The number of hydrogen-bond donors (Lipinski definition) is 1. The highest BCUT2D eigenvalue weighted by Gasteiger charge is 2.33. The molecule has 1 heterocycles. The van der Waals surface area contributed by atoms with Crippen LogP contribution in [0.25, 0.3) is 11.1 Å². The van der Waals surface area contributed by atoms with Gasteiger partial charge in [-0.15, -0.1) is 0 Å². The third-order valence-corrected chi connectivity index (χ3v) is 7.94. The smallest absolute Gasteiger partial charge is 0.126 e. The highest BCUT2D eigenvalue weighted by Crippen LogP contribution is 2.38. The monoisotopic (exact) mass is 497 g/mol. The molecule has 3 atom stereocenters. The van der Waals surface area contributed by atoms with Gasteiger partial charge in [0.15, 0.2) is 0 Å². The molecule has 35 heavy (non-hydrogen) atoms. The van der Waals surface area contributed by atoms with Crippen LogP contribution in [0.2, 0.25) is 0 Å². The van der Waals surface area contributed by atoms with Gasteiger partial charge in [0, 0.05) is 29.6 Å². The number of allylic oxidation sites excluding steroid dienone is 1. The largest absolute Gasteiger partial charge is 0.354 e. The number of hydrogen-bond acceptors (Lipinski definition) is 4. The number of nitrogens with zero attached hydrogens (tertiary/aromatic N) is 2. The van der Waals surface area contributed by atoms with E-state index in [-0.39, 0.29) is 0 Å². The van der Waals surface area contributed by atoms with E-state index in [1.54, 1.807) is 11.9 Å². The molecule has 2 aromatic carbocycles. The molecule has 0 fully saturated rings. The number of nitrogens with one attached hydrogen (secondary N) is 1. The van der Waals surface area contributed by atoms with Crippen molar-refractivity contribution in [2.24, 2.45) is 10.9 Å². The minimum atomic E-state index is -0.551. The van der Waals surface area contributed by atoms with Gasteiger partial charge in [-0.1, -0.05) is 43.1 Å². The first kappa shape index (κ1) is 25.9. The second-order valence-electron chi connectivity index (χ2n) is 10.00. The minimum absolute atomic E-state index is 0.297. The van der Waals surface area contributed by atoms with E-state index < -0.39 is 11.6 Å². The molecule has 6 heteroatoms. The summed E-state index contributed by atoms with van der Waals surface area (Å²) in [4.78, 5) is 7.31. The molecule has 0 radical (unpaired) electrons. The molecule has 188 valence electrons. The number of rotatable bonds is 7. The molecule has 4 rings (SSSR count). The average molecular weight is 498 g/mol. The van der Waals surface area contributed by atoms with E-state index in [0.29, 0.717) is 29.6 Å². The number of benzene rings is 2. The van der Waals surface area contributed by atoms with E-state index in [1.807, 2.05) is 18.5 Å². The van der Waals surface area contributed by atoms with Crippen LogP contribution < -0.4 is 4.72 Å². The van der Waals surface area contributed by atoms with Crippen molar-refractivity contribution in [1.82, 2.24) is 9.62 Å². The Hall–Kier alpha value is -2.18. The zero-order chi connectivity index (χ0) is 24.9. The van der Waals surface area contributed by atoms with Crippen LogP contribution in [0.5, 0.6) is 0 Å². The summed E-state index contributed by atoms with van der Waals surface area (Å²) >= 11 is 1.80. The molecule has 1 aliphatic heterocycles. The van der Waals surface area contributed by atoms with E-state index >= 15 is 0 Å². The Bertz CT molecular complexity index is 1060. The minimum Gasteiger partial charge on any atom is -0.354 e. The Morgan fingerprint density at radius 2 is 1.89 bits per heavy atom. The van der Waals surface area contributed by atoms with Gasteiger partial charge in [0.05, 0.1) is 12.4 Å². The van der Waals surface area contributed by atoms with Gasteiger partial charge in [-0.2, -0.15) is 0 Å². The van der Waals surface area contributed by atoms with Crippen molar-refractivity contribution < 1.29 is 8.78 Å². The summed E-state index contributed by atoms with van der Waals surface area (Å²) < 4.78 is 31.5. The maximum Gasteiger partial charge on any atom is 0.126 e. The molecule has 0 saturated carbocycles. The van der Waals surface area contributed by atoms with Gasteiger partial charge in [-0.3, -0.25) is 4.72 Å². The van der Waals surface area contributed by atoms with E-state index in [0.717, 1.165) is 49.5 Å². The van der Waals surface area contributed by atoms with Gasteiger partial charge in [0.25, 0.3) is 0 Å². The lowest BCUT2D eigenvalue weighted by atomic mass is 9.78. The predicted octanol–water partition coefficient (Wildman–Crippen LogP) is 7.39. The summed E-state index contributed by atoms with van der Waals surface area (Å²) in [6.45, 7) is 8.92. The lowest BCUT2D eigenvalue weighted by Gasteiger charge is -2.41. The van der Waals surface area contributed by atoms with Crippen LogP contribution in [0.15, 0.2) is 58.7 Å². The Balaban J connectivity index is 1.68. The fourth-order valence-electron chi connectivity index (χ4n) is 5.57. The zero-order valence-electron chi connectivity index (χ0n) is 21.2. The molecule has 0 aromatic heterocycles. The van der Waals surface area contributed by atoms with Gasteiger partial charge < -0.3 is 4.90 Å². The number of aliphatic imine (C=N–C) groups is 1. The second kappa shape index (κ2) is 11.7. The zero-order valence-corrected chi connectivity index (χ0v) is 22.0. The first-order chi connectivity index (χ1) is 16.9. The molecule has 0 spiro atoms. The quantitative estimate of drug-likeness (QED) is 0.404. The fourth-order valence-corrected chi connectivity index (χ4v) is 6.18. The first-order valence-electron chi connectivity index (χ1n) is 12.8. The van der Waals surface area contributed by atoms with Crippen molar-refractivity contribution in [3.63, 3.8) is 0 Å². The Morgan fingerprint density at radius 3 is 2.60 bits per heavy atom. The summed E-state index contributed by atoms with van der Waals surface area (Å²) in [5.74, 6) is 0.285. The molecule has 2 unspecified atom stereocenters. The van der Waals surface area contributed by atoms with Crippen LogP contribution in [0.4, 0.5) is 8.78 Å². The van der Waals surface area contributed by atoms with Crippen molar-refractivity contribution in [1.29, 1.82) is 0 Å². The second-order valence-corrected chi connectivity index (χ2v) is 11.1. The third kappa shape index (κ3) is 6.34.